The molecule has 0 fully saturated rings. The molecule has 2 heterocycles. The molecule has 0 spiro atoms. The Hall–Kier alpha value is -2.73. The molecule has 25 heavy (non-hydrogen) atoms. The second-order valence-electron chi connectivity index (χ2n) is 5.33. The summed E-state index contributed by atoms with van der Waals surface area (Å²) in [6.07, 6.45) is 2.46. The van der Waals surface area contributed by atoms with Gasteiger partial charge in [-0.1, -0.05) is 24.6 Å². The second kappa shape index (κ2) is 7.03. The highest BCUT2D eigenvalue weighted by atomic mass is 35.5. The number of imidazole rings is 1. The minimum atomic E-state index is -0.279. The number of pyridine rings is 1. The van der Waals surface area contributed by atoms with Crippen LogP contribution in [-0.2, 0) is 6.42 Å². The van der Waals surface area contributed by atoms with E-state index in [2.05, 4.69) is 10.3 Å². The van der Waals surface area contributed by atoms with Crippen LogP contribution in [0.5, 0.6) is 11.5 Å². The van der Waals surface area contributed by atoms with Gasteiger partial charge in [0.1, 0.15) is 22.8 Å². The number of methoxy groups -OCH3 is 2. The Morgan fingerprint density at radius 2 is 2.00 bits per heavy atom. The maximum absolute atomic E-state index is 12.9. The van der Waals surface area contributed by atoms with Crippen LogP contribution in [0.2, 0.25) is 5.02 Å². The number of aromatic nitrogens is 2. The number of anilines is 1. The van der Waals surface area contributed by atoms with Crippen LogP contribution in [0.25, 0.3) is 5.65 Å². The molecule has 0 atom stereocenters. The van der Waals surface area contributed by atoms with Crippen LogP contribution in [0.15, 0.2) is 36.5 Å². The first-order chi connectivity index (χ1) is 12.1. The number of ether oxygens (including phenoxy) is 2. The smallest absolute Gasteiger partial charge is 0.274 e. The highest BCUT2D eigenvalue weighted by molar-refractivity contribution is 6.32. The predicted octanol–water partition coefficient (Wildman–Crippen LogP) is 3.82. The van der Waals surface area contributed by atoms with E-state index < -0.39 is 0 Å². The average molecular weight is 360 g/mol. The first kappa shape index (κ1) is 17.1. The SMILES string of the molecule is CCc1nc2ccccn2c1C(=O)Nc1cc(OC)c(Cl)cc1OC. The molecule has 7 heteroatoms. The van der Waals surface area contributed by atoms with Crippen molar-refractivity contribution >= 4 is 28.8 Å². The zero-order valence-corrected chi connectivity index (χ0v) is 14.9. The van der Waals surface area contributed by atoms with Crippen LogP contribution < -0.4 is 14.8 Å². The van der Waals surface area contributed by atoms with E-state index in [1.807, 2.05) is 31.3 Å². The van der Waals surface area contributed by atoms with E-state index in [9.17, 15) is 4.79 Å². The Balaban J connectivity index is 2.04. The largest absolute Gasteiger partial charge is 0.495 e. The number of fused-ring (bicyclic) bond motifs is 1. The quantitative estimate of drug-likeness (QED) is 0.752. The van der Waals surface area contributed by atoms with Gasteiger partial charge in [0.15, 0.2) is 0 Å². The zero-order valence-electron chi connectivity index (χ0n) is 14.2. The molecule has 0 saturated carbocycles. The van der Waals surface area contributed by atoms with Gasteiger partial charge in [-0.2, -0.15) is 0 Å². The molecular formula is C18H18ClN3O3. The molecule has 1 aromatic carbocycles. The standard InChI is InChI=1S/C18H18ClN3O3/c1-4-12-17(22-8-6-5-7-16(22)20-12)18(23)21-13-10-14(24-2)11(19)9-15(13)25-3/h5-10H,4H2,1-3H3,(H,21,23). The highest BCUT2D eigenvalue weighted by Crippen LogP contribution is 2.36. The van der Waals surface area contributed by atoms with Gasteiger partial charge in [0.2, 0.25) is 0 Å². The number of nitrogens with one attached hydrogen (secondary N) is 1. The number of hydrogen-bond acceptors (Lipinski definition) is 4. The maximum atomic E-state index is 12.9. The molecule has 0 aliphatic rings. The number of halogens is 1. The van der Waals surface area contributed by atoms with Crippen LogP contribution in [0.1, 0.15) is 23.1 Å². The molecule has 1 amide bonds. The number of benzene rings is 1. The van der Waals surface area contributed by atoms with Crippen molar-refractivity contribution in [2.24, 2.45) is 0 Å². The molecule has 130 valence electrons. The average Bonchev–Trinajstić information content (AvgIpc) is 3.01. The molecule has 0 radical (unpaired) electrons. The second-order valence-corrected chi connectivity index (χ2v) is 5.74. The summed E-state index contributed by atoms with van der Waals surface area (Å²) in [4.78, 5) is 17.4. The number of nitrogens with zero attached hydrogens (tertiary/aromatic N) is 2. The Morgan fingerprint density at radius 1 is 1.24 bits per heavy atom. The van der Waals surface area contributed by atoms with Gasteiger partial charge >= 0.3 is 0 Å². The monoisotopic (exact) mass is 359 g/mol. The lowest BCUT2D eigenvalue weighted by Crippen LogP contribution is -2.17. The zero-order chi connectivity index (χ0) is 18.0. The molecule has 2 aromatic heterocycles. The van der Waals surface area contributed by atoms with Crippen LogP contribution in [0.3, 0.4) is 0 Å². The first-order valence-corrected chi connectivity index (χ1v) is 8.15. The number of amides is 1. The van der Waals surface area contributed by atoms with Crippen molar-refractivity contribution in [3.05, 3.63) is 52.9 Å². The molecule has 0 bridgehead atoms. The minimum Gasteiger partial charge on any atom is -0.495 e. The maximum Gasteiger partial charge on any atom is 0.274 e. The summed E-state index contributed by atoms with van der Waals surface area (Å²) in [6.45, 7) is 1.96. The van der Waals surface area contributed by atoms with Gasteiger partial charge in [-0.15, -0.1) is 0 Å². The molecule has 6 nitrogen and oxygen atoms in total. The summed E-state index contributed by atoms with van der Waals surface area (Å²) in [5.41, 5.74) is 2.42. The third-order valence-corrected chi connectivity index (χ3v) is 4.17. The van der Waals surface area contributed by atoms with E-state index in [1.54, 1.807) is 16.5 Å². The van der Waals surface area contributed by atoms with Crippen molar-refractivity contribution in [1.29, 1.82) is 0 Å². The van der Waals surface area contributed by atoms with Crippen molar-refractivity contribution in [3.63, 3.8) is 0 Å². The highest BCUT2D eigenvalue weighted by Gasteiger charge is 2.20. The van der Waals surface area contributed by atoms with Gasteiger partial charge in [-0.05, 0) is 18.6 Å². The fourth-order valence-corrected chi connectivity index (χ4v) is 2.90. The van der Waals surface area contributed by atoms with E-state index >= 15 is 0 Å². The van der Waals surface area contributed by atoms with Gasteiger partial charge in [0.05, 0.1) is 30.6 Å². The molecule has 1 N–H and O–H groups in total. The summed E-state index contributed by atoms with van der Waals surface area (Å²) >= 11 is 6.11. The Kier molecular flexibility index (Phi) is 4.81. The van der Waals surface area contributed by atoms with Crippen LogP contribution in [0, 0.1) is 0 Å². The fourth-order valence-electron chi connectivity index (χ4n) is 2.67. The van der Waals surface area contributed by atoms with Crippen molar-refractivity contribution in [3.8, 4) is 11.5 Å². The summed E-state index contributed by atoms with van der Waals surface area (Å²) in [5.74, 6) is 0.621. The number of hydrogen-bond donors (Lipinski definition) is 1. The first-order valence-electron chi connectivity index (χ1n) is 7.77. The van der Waals surface area contributed by atoms with Crippen LogP contribution in [-0.4, -0.2) is 29.5 Å². The van der Waals surface area contributed by atoms with Gasteiger partial charge < -0.3 is 14.8 Å². The van der Waals surface area contributed by atoms with Gasteiger partial charge in [0, 0.05) is 18.3 Å². The molecular weight excluding hydrogens is 342 g/mol. The molecule has 0 aliphatic heterocycles. The van der Waals surface area contributed by atoms with E-state index in [-0.39, 0.29) is 5.91 Å². The van der Waals surface area contributed by atoms with Gasteiger partial charge in [-0.3, -0.25) is 9.20 Å². The lowest BCUT2D eigenvalue weighted by Gasteiger charge is -2.13. The molecule has 3 aromatic rings. The molecule has 3 rings (SSSR count). The van der Waals surface area contributed by atoms with Crippen molar-refractivity contribution < 1.29 is 14.3 Å². The molecule has 0 saturated heterocycles. The van der Waals surface area contributed by atoms with Gasteiger partial charge in [-0.25, -0.2) is 4.98 Å². The van der Waals surface area contributed by atoms with E-state index in [4.69, 9.17) is 21.1 Å². The Labute approximate surface area is 150 Å². The third-order valence-electron chi connectivity index (χ3n) is 3.87. The Morgan fingerprint density at radius 3 is 2.68 bits per heavy atom. The third kappa shape index (κ3) is 3.13. The van der Waals surface area contributed by atoms with E-state index in [0.29, 0.717) is 34.3 Å². The summed E-state index contributed by atoms with van der Waals surface area (Å²) in [5, 5.41) is 3.27. The lowest BCUT2D eigenvalue weighted by atomic mass is 10.2. The van der Waals surface area contributed by atoms with E-state index in [1.165, 1.54) is 14.2 Å². The summed E-state index contributed by atoms with van der Waals surface area (Å²) in [6, 6.07) is 8.84. The van der Waals surface area contributed by atoms with E-state index in [0.717, 1.165) is 11.3 Å². The van der Waals surface area contributed by atoms with Crippen molar-refractivity contribution in [2.45, 2.75) is 13.3 Å². The van der Waals surface area contributed by atoms with Crippen molar-refractivity contribution in [1.82, 2.24) is 9.38 Å². The van der Waals surface area contributed by atoms with Crippen LogP contribution >= 0.6 is 11.6 Å². The summed E-state index contributed by atoms with van der Waals surface area (Å²) in [7, 11) is 3.03. The minimum absolute atomic E-state index is 0.279. The number of rotatable bonds is 5. The molecule has 0 unspecified atom stereocenters. The van der Waals surface area contributed by atoms with Gasteiger partial charge in [0.25, 0.3) is 5.91 Å². The Bertz CT molecular complexity index is 937. The molecule has 0 aliphatic carbocycles. The summed E-state index contributed by atoms with van der Waals surface area (Å²) < 4.78 is 12.3. The number of aryl methyl sites for hydroxylation is 1. The topological polar surface area (TPSA) is 64.9 Å². The van der Waals surface area contributed by atoms with Crippen molar-refractivity contribution in [2.75, 3.05) is 19.5 Å². The lowest BCUT2D eigenvalue weighted by molar-refractivity contribution is 0.102. The normalized spacial score (nSPS) is 10.7. The predicted molar refractivity (Wildman–Crippen MR) is 97.1 cm³/mol. The number of carbonyl (C=O) groups excluding carboxylic acids is 1. The number of carbonyl (C=O) groups is 1. The fraction of sp³-hybridized carbons (Fsp3) is 0.222. The van der Waals surface area contributed by atoms with Crippen LogP contribution in [0.4, 0.5) is 5.69 Å².